The number of benzene rings is 3. The number of carbonyl (C=O) groups excluding carboxylic acids is 1. The third-order valence-corrected chi connectivity index (χ3v) is 4.62. The summed E-state index contributed by atoms with van der Waals surface area (Å²) in [6.45, 7) is 2.05. The Bertz CT molecular complexity index is 1100. The van der Waals surface area contributed by atoms with Gasteiger partial charge >= 0.3 is 5.97 Å². The van der Waals surface area contributed by atoms with Gasteiger partial charge in [-0.2, -0.15) is 0 Å². The summed E-state index contributed by atoms with van der Waals surface area (Å²) in [4.78, 5) is 23.4. The maximum Gasteiger partial charge on any atom is 0.307 e. The molecule has 0 aliphatic carbocycles. The minimum atomic E-state index is -1.06. The molecule has 0 saturated heterocycles. The van der Waals surface area contributed by atoms with Gasteiger partial charge in [0.15, 0.2) is 0 Å². The number of rotatable bonds is 7. The van der Waals surface area contributed by atoms with Crippen LogP contribution in [0, 0.1) is 12.7 Å². The number of aliphatic carboxylic acids is 1. The van der Waals surface area contributed by atoms with E-state index in [1.165, 1.54) is 12.1 Å². The Labute approximate surface area is 178 Å². The second-order valence-corrected chi connectivity index (χ2v) is 7.17. The quantitative estimate of drug-likeness (QED) is 0.540. The zero-order valence-electron chi connectivity index (χ0n) is 16.1. The molecule has 0 aliphatic heterocycles. The summed E-state index contributed by atoms with van der Waals surface area (Å²) in [7, 11) is 0. The summed E-state index contributed by atoms with van der Waals surface area (Å²) in [5, 5.41) is 11.9. The monoisotopic (exact) mass is 427 g/mol. The van der Waals surface area contributed by atoms with Gasteiger partial charge in [-0.1, -0.05) is 35.9 Å². The summed E-state index contributed by atoms with van der Waals surface area (Å²) in [6, 6.07) is 16.3. The van der Waals surface area contributed by atoms with Crippen molar-refractivity contribution in [3.05, 3.63) is 93.8 Å². The van der Waals surface area contributed by atoms with Crippen LogP contribution in [0.25, 0.3) is 0 Å². The fourth-order valence-electron chi connectivity index (χ4n) is 2.86. The van der Waals surface area contributed by atoms with E-state index in [-0.39, 0.29) is 18.7 Å². The van der Waals surface area contributed by atoms with Crippen molar-refractivity contribution in [2.75, 3.05) is 5.32 Å². The molecule has 3 aromatic rings. The molecule has 2 N–H and O–H groups in total. The molecule has 0 bridgehead atoms. The summed E-state index contributed by atoms with van der Waals surface area (Å²) in [5.74, 6) is -1.77. The number of carboxylic acid groups (broad SMARTS) is 1. The molecular formula is C23H19ClFNO4. The topological polar surface area (TPSA) is 75.6 Å². The standard InChI is InChI=1S/C23H19ClFNO4/c1-14-5-7-18(30-13-16-3-2-4-17(24)9-16)12-19(14)23(29)26-21-8-6-15(10-20(21)25)11-22(27)28/h2-10,12H,11,13H2,1H3,(H,26,29)(H,27,28). The second kappa shape index (κ2) is 9.41. The third kappa shape index (κ3) is 5.58. The van der Waals surface area contributed by atoms with Crippen molar-refractivity contribution in [2.45, 2.75) is 20.0 Å². The molecule has 0 heterocycles. The number of nitrogens with one attached hydrogen (secondary N) is 1. The van der Waals surface area contributed by atoms with E-state index in [1.54, 1.807) is 37.3 Å². The molecule has 0 fully saturated rings. The van der Waals surface area contributed by atoms with Gasteiger partial charge in [0.25, 0.3) is 5.91 Å². The maximum atomic E-state index is 14.3. The van der Waals surface area contributed by atoms with E-state index in [0.717, 1.165) is 11.6 Å². The van der Waals surface area contributed by atoms with E-state index in [0.29, 0.717) is 27.5 Å². The van der Waals surface area contributed by atoms with Crippen molar-refractivity contribution in [3.63, 3.8) is 0 Å². The van der Waals surface area contributed by atoms with E-state index in [9.17, 15) is 14.0 Å². The number of anilines is 1. The van der Waals surface area contributed by atoms with E-state index in [1.807, 2.05) is 12.1 Å². The lowest BCUT2D eigenvalue weighted by Crippen LogP contribution is -2.15. The Hall–Kier alpha value is -3.38. The number of carbonyl (C=O) groups is 2. The first-order valence-electron chi connectivity index (χ1n) is 9.11. The zero-order chi connectivity index (χ0) is 21.7. The molecular weight excluding hydrogens is 409 g/mol. The number of hydrogen-bond acceptors (Lipinski definition) is 3. The Morgan fingerprint density at radius 1 is 1.07 bits per heavy atom. The van der Waals surface area contributed by atoms with Gasteiger partial charge in [-0.3, -0.25) is 9.59 Å². The Morgan fingerprint density at radius 2 is 1.87 bits per heavy atom. The summed E-state index contributed by atoms with van der Waals surface area (Å²) in [5.41, 5.74) is 2.21. The summed E-state index contributed by atoms with van der Waals surface area (Å²) < 4.78 is 20.0. The highest BCUT2D eigenvalue weighted by molar-refractivity contribution is 6.30. The van der Waals surface area contributed by atoms with Crippen LogP contribution < -0.4 is 10.1 Å². The first kappa shape index (κ1) is 21.3. The predicted octanol–water partition coefficient (Wildman–Crippen LogP) is 5.25. The zero-order valence-corrected chi connectivity index (χ0v) is 16.9. The first-order chi connectivity index (χ1) is 14.3. The van der Waals surface area contributed by atoms with Crippen LogP contribution in [0.2, 0.25) is 5.02 Å². The fourth-order valence-corrected chi connectivity index (χ4v) is 3.08. The van der Waals surface area contributed by atoms with Gasteiger partial charge in [0.2, 0.25) is 0 Å². The highest BCUT2D eigenvalue weighted by atomic mass is 35.5. The Balaban J connectivity index is 1.72. The number of halogens is 2. The van der Waals surface area contributed by atoms with Gasteiger partial charge in [-0.15, -0.1) is 0 Å². The molecule has 1 amide bonds. The average molecular weight is 428 g/mol. The molecule has 3 rings (SSSR count). The van der Waals surface area contributed by atoms with E-state index >= 15 is 0 Å². The first-order valence-corrected chi connectivity index (χ1v) is 9.49. The van der Waals surface area contributed by atoms with Crippen molar-refractivity contribution in [1.82, 2.24) is 0 Å². The van der Waals surface area contributed by atoms with Crippen LogP contribution in [0.15, 0.2) is 60.7 Å². The van der Waals surface area contributed by atoms with E-state index in [4.69, 9.17) is 21.4 Å². The smallest absolute Gasteiger partial charge is 0.307 e. The van der Waals surface area contributed by atoms with Gasteiger partial charge in [-0.25, -0.2) is 4.39 Å². The SMILES string of the molecule is Cc1ccc(OCc2cccc(Cl)c2)cc1C(=O)Nc1ccc(CC(=O)O)cc1F. The van der Waals surface area contributed by atoms with Crippen LogP contribution >= 0.6 is 11.6 Å². The van der Waals surface area contributed by atoms with Crippen LogP contribution in [0.4, 0.5) is 10.1 Å². The lowest BCUT2D eigenvalue weighted by molar-refractivity contribution is -0.136. The number of hydrogen-bond donors (Lipinski definition) is 2. The van der Waals surface area contributed by atoms with Crippen LogP contribution in [-0.2, 0) is 17.8 Å². The van der Waals surface area contributed by atoms with Crippen LogP contribution in [0.3, 0.4) is 0 Å². The average Bonchev–Trinajstić information content (AvgIpc) is 2.69. The lowest BCUT2D eigenvalue weighted by atomic mass is 10.1. The number of amides is 1. The molecule has 0 saturated carbocycles. The summed E-state index contributed by atoms with van der Waals surface area (Å²) >= 11 is 5.97. The maximum absolute atomic E-state index is 14.3. The molecule has 0 aromatic heterocycles. The van der Waals surface area contributed by atoms with Crippen molar-refractivity contribution in [1.29, 1.82) is 0 Å². The van der Waals surface area contributed by atoms with Crippen molar-refractivity contribution in [2.24, 2.45) is 0 Å². The molecule has 0 atom stereocenters. The second-order valence-electron chi connectivity index (χ2n) is 6.73. The highest BCUT2D eigenvalue weighted by Gasteiger charge is 2.14. The molecule has 0 aliphatic rings. The molecule has 154 valence electrons. The van der Waals surface area contributed by atoms with Gasteiger partial charge in [0, 0.05) is 10.6 Å². The van der Waals surface area contributed by atoms with Crippen molar-refractivity contribution < 1.29 is 23.8 Å². The minimum Gasteiger partial charge on any atom is -0.489 e. The lowest BCUT2D eigenvalue weighted by Gasteiger charge is -2.12. The number of ether oxygens (including phenoxy) is 1. The fraction of sp³-hybridized carbons (Fsp3) is 0.130. The van der Waals surface area contributed by atoms with Gasteiger partial charge in [0.05, 0.1) is 12.1 Å². The van der Waals surface area contributed by atoms with Crippen molar-refractivity contribution in [3.8, 4) is 5.75 Å². The van der Waals surface area contributed by atoms with Gasteiger partial charge in [0.1, 0.15) is 18.2 Å². The Kier molecular flexibility index (Phi) is 6.69. The van der Waals surface area contributed by atoms with Crippen LogP contribution in [-0.4, -0.2) is 17.0 Å². The molecule has 30 heavy (non-hydrogen) atoms. The van der Waals surface area contributed by atoms with Gasteiger partial charge in [-0.05, 0) is 60.0 Å². The molecule has 0 unspecified atom stereocenters. The number of carboxylic acids is 1. The third-order valence-electron chi connectivity index (χ3n) is 4.39. The highest BCUT2D eigenvalue weighted by Crippen LogP contribution is 2.22. The molecule has 7 heteroatoms. The Morgan fingerprint density at radius 3 is 2.57 bits per heavy atom. The normalized spacial score (nSPS) is 10.5. The molecule has 0 radical (unpaired) electrons. The van der Waals surface area contributed by atoms with Crippen molar-refractivity contribution >= 4 is 29.2 Å². The predicted molar refractivity (Wildman–Crippen MR) is 113 cm³/mol. The van der Waals surface area contributed by atoms with Crippen LogP contribution in [0.1, 0.15) is 27.0 Å². The van der Waals surface area contributed by atoms with E-state index < -0.39 is 17.7 Å². The molecule has 3 aromatic carbocycles. The number of aryl methyl sites for hydroxylation is 1. The molecule has 0 spiro atoms. The summed E-state index contributed by atoms with van der Waals surface area (Å²) in [6.07, 6.45) is -0.295. The van der Waals surface area contributed by atoms with E-state index in [2.05, 4.69) is 5.32 Å². The molecule has 5 nitrogen and oxygen atoms in total. The minimum absolute atomic E-state index is 0.0289. The van der Waals surface area contributed by atoms with Gasteiger partial charge < -0.3 is 15.2 Å². The van der Waals surface area contributed by atoms with Crippen LogP contribution in [0.5, 0.6) is 5.75 Å². The largest absolute Gasteiger partial charge is 0.489 e.